The molecule has 1 aliphatic rings. The third kappa shape index (κ3) is 5.92. The number of aryl methyl sites for hydroxylation is 1. The first-order chi connectivity index (χ1) is 16.2. The molecule has 0 spiro atoms. The molecule has 0 fully saturated rings. The summed E-state index contributed by atoms with van der Waals surface area (Å²) in [5, 5.41) is 3.47. The summed E-state index contributed by atoms with van der Waals surface area (Å²) < 4.78 is 12.2. The second kappa shape index (κ2) is 11.1. The predicted molar refractivity (Wildman–Crippen MR) is 134 cm³/mol. The zero-order valence-corrected chi connectivity index (χ0v) is 20.0. The van der Waals surface area contributed by atoms with Gasteiger partial charge in [-0.3, -0.25) is 9.78 Å². The van der Waals surface area contributed by atoms with E-state index in [-0.39, 0.29) is 24.4 Å². The molecule has 1 N–H and O–H groups in total. The van der Waals surface area contributed by atoms with Gasteiger partial charge in [-0.15, -0.1) is 12.4 Å². The number of hydrogen-bond donors (Lipinski definition) is 1. The Labute approximate surface area is 208 Å². The molecule has 1 amide bonds. The maximum atomic E-state index is 12.1. The van der Waals surface area contributed by atoms with Crippen LogP contribution in [0.4, 0.5) is 0 Å². The van der Waals surface area contributed by atoms with Gasteiger partial charge in [-0.1, -0.05) is 41.7 Å². The molecule has 1 unspecified atom stereocenters. The highest BCUT2D eigenvalue weighted by atomic mass is 35.5. The van der Waals surface area contributed by atoms with Crippen LogP contribution in [0.1, 0.15) is 34.1 Å². The van der Waals surface area contributed by atoms with Crippen LogP contribution in [0.5, 0.6) is 16.7 Å². The van der Waals surface area contributed by atoms with Crippen molar-refractivity contribution < 1.29 is 14.3 Å². The molecule has 8 heteroatoms. The van der Waals surface area contributed by atoms with Crippen molar-refractivity contribution in [3.8, 4) is 16.7 Å². The summed E-state index contributed by atoms with van der Waals surface area (Å²) in [5.41, 5.74) is 3.27. The lowest BCUT2D eigenvalue weighted by molar-refractivity contribution is -0.120. The number of benzene rings is 2. The third-order valence-electron chi connectivity index (χ3n) is 5.46. The number of fused-ring (bicyclic) bond motifs is 1. The quantitative estimate of drug-likeness (QED) is 0.358. The molecule has 1 aliphatic heterocycles. The molecule has 0 bridgehead atoms. The van der Waals surface area contributed by atoms with E-state index in [2.05, 4.69) is 27.4 Å². The van der Waals surface area contributed by atoms with Gasteiger partial charge in [0.25, 0.3) is 5.19 Å². The van der Waals surface area contributed by atoms with Crippen LogP contribution in [-0.4, -0.2) is 15.9 Å². The number of rotatable bonds is 7. The van der Waals surface area contributed by atoms with E-state index in [1.54, 1.807) is 18.6 Å². The van der Waals surface area contributed by atoms with Gasteiger partial charge in [0.2, 0.25) is 5.91 Å². The van der Waals surface area contributed by atoms with Crippen LogP contribution >= 0.6 is 23.7 Å². The van der Waals surface area contributed by atoms with E-state index in [0.29, 0.717) is 18.2 Å². The Hall–Kier alpha value is -3.42. The molecule has 3 heterocycles. The topological polar surface area (TPSA) is 73.3 Å². The molecule has 2 aromatic heterocycles. The van der Waals surface area contributed by atoms with Crippen LogP contribution in [0, 0.1) is 0 Å². The number of carbonyl (C=O) groups excluding carboxylic acids is 1. The largest absolute Gasteiger partial charge is 0.485 e. The van der Waals surface area contributed by atoms with Gasteiger partial charge in [-0.05, 0) is 59.9 Å². The van der Waals surface area contributed by atoms with Gasteiger partial charge in [0.15, 0.2) is 0 Å². The molecule has 1 atom stereocenters. The van der Waals surface area contributed by atoms with Crippen LogP contribution in [0.2, 0.25) is 0 Å². The Kier molecular flexibility index (Phi) is 7.77. The normalized spacial score (nSPS) is 14.3. The van der Waals surface area contributed by atoms with Gasteiger partial charge in [0, 0.05) is 23.5 Å². The minimum absolute atomic E-state index is 0. The fourth-order valence-electron chi connectivity index (χ4n) is 3.78. The lowest BCUT2D eigenvalue weighted by Gasteiger charge is -2.26. The maximum Gasteiger partial charge on any atom is 0.278 e. The van der Waals surface area contributed by atoms with E-state index in [1.165, 1.54) is 16.9 Å². The molecule has 5 rings (SSSR count). The van der Waals surface area contributed by atoms with Gasteiger partial charge in [-0.2, -0.15) is 0 Å². The van der Waals surface area contributed by atoms with Crippen molar-refractivity contribution in [2.75, 3.05) is 0 Å². The summed E-state index contributed by atoms with van der Waals surface area (Å²) in [6.07, 6.45) is 7.37. The SMILES string of the molecule is Cl.O=C(Cc1ccncc1)NCc1cnc(Oc2ccc3c(c2)CCC(c2ccccc2)O3)s1. The molecule has 0 aliphatic carbocycles. The molecule has 0 radical (unpaired) electrons. The first-order valence-corrected chi connectivity index (χ1v) is 11.7. The number of thiazole rings is 1. The molecular weight excluding hydrogens is 470 g/mol. The van der Waals surface area contributed by atoms with E-state index >= 15 is 0 Å². The molecular formula is C26H24ClN3O3S. The van der Waals surface area contributed by atoms with E-state index in [9.17, 15) is 4.79 Å². The van der Waals surface area contributed by atoms with Crippen LogP contribution < -0.4 is 14.8 Å². The Bertz CT molecular complexity index is 1230. The number of amides is 1. The van der Waals surface area contributed by atoms with Gasteiger partial charge in [0.05, 0.1) is 13.0 Å². The van der Waals surface area contributed by atoms with Crippen molar-refractivity contribution in [2.24, 2.45) is 0 Å². The zero-order valence-electron chi connectivity index (χ0n) is 18.3. The summed E-state index contributed by atoms with van der Waals surface area (Å²) in [5.74, 6) is 1.60. The zero-order chi connectivity index (χ0) is 22.5. The number of aromatic nitrogens is 2. The fourth-order valence-corrected chi connectivity index (χ4v) is 4.50. The van der Waals surface area contributed by atoms with Crippen molar-refractivity contribution in [1.82, 2.24) is 15.3 Å². The van der Waals surface area contributed by atoms with Crippen molar-refractivity contribution in [3.63, 3.8) is 0 Å². The van der Waals surface area contributed by atoms with Crippen LogP contribution in [0.25, 0.3) is 0 Å². The molecule has 174 valence electrons. The van der Waals surface area contributed by atoms with Crippen LogP contribution in [0.15, 0.2) is 79.3 Å². The highest BCUT2D eigenvalue weighted by Crippen LogP contribution is 2.38. The number of carbonyl (C=O) groups is 1. The Balaban J connectivity index is 0.00000274. The molecule has 0 saturated heterocycles. The minimum Gasteiger partial charge on any atom is -0.485 e. The summed E-state index contributed by atoms with van der Waals surface area (Å²) in [6.45, 7) is 0.420. The number of halogens is 1. The lowest BCUT2D eigenvalue weighted by Crippen LogP contribution is -2.24. The van der Waals surface area contributed by atoms with Crippen molar-refractivity contribution in [1.29, 1.82) is 0 Å². The van der Waals surface area contributed by atoms with Gasteiger partial charge < -0.3 is 14.8 Å². The molecule has 34 heavy (non-hydrogen) atoms. The van der Waals surface area contributed by atoms with Gasteiger partial charge in [0.1, 0.15) is 17.6 Å². The maximum absolute atomic E-state index is 12.1. The fraction of sp³-hybridized carbons (Fsp3) is 0.192. The summed E-state index contributed by atoms with van der Waals surface area (Å²) in [4.78, 5) is 21.4. The number of nitrogens with zero attached hydrogens (tertiary/aromatic N) is 2. The van der Waals surface area contributed by atoms with Crippen molar-refractivity contribution >= 4 is 29.7 Å². The first kappa shape index (κ1) is 23.7. The van der Waals surface area contributed by atoms with Gasteiger partial charge >= 0.3 is 0 Å². The summed E-state index contributed by atoms with van der Waals surface area (Å²) >= 11 is 1.42. The monoisotopic (exact) mass is 493 g/mol. The first-order valence-electron chi connectivity index (χ1n) is 10.9. The molecule has 6 nitrogen and oxygen atoms in total. The predicted octanol–water partition coefficient (Wildman–Crippen LogP) is 5.68. The average Bonchev–Trinajstić information content (AvgIpc) is 3.31. The van der Waals surface area contributed by atoms with E-state index in [0.717, 1.165) is 40.3 Å². The smallest absolute Gasteiger partial charge is 0.278 e. The molecule has 2 aromatic carbocycles. The Morgan fingerprint density at radius 2 is 1.94 bits per heavy atom. The second-order valence-electron chi connectivity index (χ2n) is 7.83. The van der Waals surface area contributed by atoms with Gasteiger partial charge in [-0.25, -0.2) is 4.98 Å². The van der Waals surface area contributed by atoms with Crippen molar-refractivity contribution in [2.45, 2.75) is 31.9 Å². The summed E-state index contributed by atoms with van der Waals surface area (Å²) in [7, 11) is 0. The number of ether oxygens (including phenoxy) is 2. The Morgan fingerprint density at radius 3 is 2.76 bits per heavy atom. The average molecular weight is 494 g/mol. The van der Waals surface area contributed by atoms with E-state index in [1.807, 2.05) is 48.5 Å². The van der Waals surface area contributed by atoms with E-state index < -0.39 is 0 Å². The van der Waals surface area contributed by atoms with E-state index in [4.69, 9.17) is 9.47 Å². The highest BCUT2D eigenvalue weighted by molar-refractivity contribution is 7.13. The van der Waals surface area contributed by atoms with Crippen LogP contribution in [-0.2, 0) is 24.2 Å². The number of nitrogens with one attached hydrogen (secondary N) is 1. The Morgan fingerprint density at radius 1 is 1.12 bits per heavy atom. The molecule has 0 saturated carbocycles. The second-order valence-corrected chi connectivity index (χ2v) is 8.91. The molecule has 4 aromatic rings. The lowest BCUT2D eigenvalue weighted by atomic mass is 9.97. The van der Waals surface area contributed by atoms with Crippen LogP contribution in [0.3, 0.4) is 0 Å². The number of hydrogen-bond acceptors (Lipinski definition) is 6. The minimum atomic E-state index is -0.0411. The number of pyridine rings is 1. The standard InChI is InChI=1S/C26H23N3O3S.ClH/c30-25(14-18-10-12-27-13-11-18)28-16-22-17-29-26(33-22)31-21-7-9-24-20(15-21)6-8-23(32-24)19-4-2-1-3-5-19;/h1-5,7,9-13,15,17,23H,6,8,14,16H2,(H,28,30);1H. The third-order valence-corrected chi connectivity index (χ3v) is 6.34. The summed E-state index contributed by atoms with van der Waals surface area (Å²) in [6, 6.07) is 19.9. The highest BCUT2D eigenvalue weighted by Gasteiger charge is 2.21. The van der Waals surface area contributed by atoms with Crippen molar-refractivity contribution in [3.05, 3.63) is 101 Å².